The molecule has 0 aromatic rings. The third kappa shape index (κ3) is 1.13. The van der Waals surface area contributed by atoms with Crippen LogP contribution in [0.3, 0.4) is 0 Å². The predicted molar refractivity (Wildman–Crippen MR) is 49.4 cm³/mol. The molecular formula is C9H10O3S. The Morgan fingerprint density at radius 1 is 1.31 bits per heavy atom. The van der Waals surface area contributed by atoms with Crippen molar-refractivity contribution < 1.29 is 13.2 Å². The van der Waals surface area contributed by atoms with E-state index in [2.05, 4.69) is 0 Å². The number of fused-ring (bicyclic) bond motifs is 2. The van der Waals surface area contributed by atoms with Crippen LogP contribution in [0.2, 0.25) is 0 Å². The summed E-state index contributed by atoms with van der Waals surface area (Å²) in [6, 6.07) is 0. The molecule has 13 heavy (non-hydrogen) atoms. The molecule has 0 amide bonds. The molecule has 0 spiro atoms. The summed E-state index contributed by atoms with van der Waals surface area (Å²) < 4.78 is 28.3. The number of ether oxygens (including phenoxy) is 1. The van der Waals surface area contributed by atoms with Crippen molar-refractivity contribution >= 4 is 9.84 Å². The molecule has 2 rings (SSSR count). The zero-order chi connectivity index (χ0) is 9.64. The summed E-state index contributed by atoms with van der Waals surface area (Å²) in [5.41, 5.74) is 0. The molecule has 2 heterocycles. The van der Waals surface area contributed by atoms with Crippen molar-refractivity contribution in [2.45, 2.75) is 20.0 Å². The maximum Gasteiger partial charge on any atom is 0.210 e. The van der Waals surface area contributed by atoms with Crippen molar-refractivity contribution in [2.75, 3.05) is 0 Å². The van der Waals surface area contributed by atoms with Gasteiger partial charge in [-0.3, -0.25) is 0 Å². The monoisotopic (exact) mass is 198 g/mol. The lowest BCUT2D eigenvalue weighted by Gasteiger charge is -2.09. The molecule has 2 aliphatic heterocycles. The minimum Gasteiger partial charge on any atom is -0.490 e. The van der Waals surface area contributed by atoms with Crippen LogP contribution in [-0.2, 0) is 14.6 Å². The summed E-state index contributed by atoms with van der Waals surface area (Å²) in [5, 5.41) is 0. The fourth-order valence-electron chi connectivity index (χ4n) is 1.35. The van der Waals surface area contributed by atoms with E-state index in [0.29, 0.717) is 15.6 Å². The lowest BCUT2D eigenvalue weighted by atomic mass is 10.3. The predicted octanol–water partition coefficient (Wildman–Crippen LogP) is 1.51. The van der Waals surface area contributed by atoms with Crippen LogP contribution >= 0.6 is 0 Å². The quantitative estimate of drug-likeness (QED) is 0.675. The Hall–Kier alpha value is -1.03. The molecule has 0 saturated heterocycles. The van der Waals surface area contributed by atoms with Crippen LogP contribution in [0.5, 0.6) is 0 Å². The maximum absolute atomic E-state index is 11.5. The molecule has 0 radical (unpaired) electrons. The van der Waals surface area contributed by atoms with Crippen LogP contribution in [0.1, 0.15) is 13.8 Å². The molecule has 4 heteroatoms. The van der Waals surface area contributed by atoms with E-state index in [-0.39, 0.29) is 6.10 Å². The van der Waals surface area contributed by atoms with E-state index in [1.807, 2.05) is 13.8 Å². The molecule has 0 aliphatic carbocycles. The SMILES string of the molecule is CC(C)OC1=C2C=CC(=C1)S2(=O)=O. The van der Waals surface area contributed by atoms with Crippen LogP contribution < -0.4 is 0 Å². The number of hydrogen-bond acceptors (Lipinski definition) is 3. The third-order valence-electron chi connectivity index (χ3n) is 1.88. The van der Waals surface area contributed by atoms with Gasteiger partial charge in [0, 0.05) is 6.08 Å². The summed E-state index contributed by atoms with van der Waals surface area (Å²) in [6.07, 6.45) is 4.76. The summed E-state index contributed by atoms with van der Waals surface area (Å²) >= 11 is 0. The Morgan fingerprint density at radius 2 is 2.00 bits per heavy atom. The Bertz CT molecular complexity index is 435. The molecule has 3 nitrogen and oxygen atoms in total. The summed E-state index contributed by atoms with van der Waals surface area (Å²) in [7, 11) is -3.18. The minimum atomic E-state index is -3.18. The summed E-state index contributed by atoms with van der Waals surface area (Å²) in [4.78, 5) is 0.648. The highest BCUT2D eigenvalue weighted by Gasteiger charge is 2.35. The largest absolute Gasteiger partial charge is 0.490 e. The molecule has 0 unspecified atom stereocenters. The van der Waals surface area contributed by atoms with E-state index in [9.17, 15) is 8.42 Å². The highest BCUT2D eigenvalue weighted by atomic mass is 32.2. The zero-order valence-corrected chi connectivity index (χ0v) is 8.26. The average molecular weight is 198 g/mol. The van der Waals surface area contributed by atoms with Crippen molar-refractivity contribution in [1.82, 2.24) is 0 Å². The molecule has 0 atom stereocenters. The molecule has 0 aromatic carbocycles. The normalized spacial score (nSPS) is 22.8. The first-order valence-corrected chi connectivity index (χ1v) is 5.56. The second-order valence-corrected chi connectivity index (χ2v) is 5.20. The third-order valence-corrected chi connectivity index (χ3v) is 3.67. The van der Waals surface area contributed by atoms with Crippen molar-refractivity contribution in [2.24, 2.45) is 0 Å². The second-order valence-electron chi connectivity index (χ2n) is 3.28. The lowest BCUT2D eigenvalue weighted by molar-refractivity contribution is 0.157. The number of rotatable bonds is 2. The van der Waals surface area contributed by atoms with E-state index in [0.717, 1.165) is 0 Å². The van der Waals surface area contributed by atoms with Crippen molar-refractivity contribution in [3.8, 4) is 0 Å². The highest BCUT2D eigenvalue weighted by molar-refractivity contribution is 8.00. The number of allylic oxidation sites excluding steroid dienone is 3. The van der Waals surface area contributed by atoms with Crippen molar-refractivity contribution in [3.63, 3.8) is 0 Å². The van der Waals surface area contributed by atoms with Crippen molar-refractivity contribution in [3.05, 3.63) is 33.8 Å². The Morgan fingerprint density at radius 3 is 2.38 bits per heavy atom. The molecule has 0 aromatic heterocycles. The fraction of sp³-hybridized carbons (Fsp3) is 0.333. The first-order chi connectivity index (χ1) is 6.01. The van der Waals surface area contributed by atoms with Crippen LogP contribution in [0.25, 0.3) is 0 Å². The van der Waals surface area contributed by atoms with Gasteiger partial charge in [-0.1, -0.05) is 0 Å². The van der Waals surface area contributed by atoms with Gasteiger partial charge in [-0.15, -0.1) is 0 Å². The van der Waals surface area contributed by atoms with E-state index in [1.54, 1.807) is 18.2 Å². The Balaban J connectivity index is 2.45. The zero-order valence-electron chi connectivity index (χ0n) is 7.44. The smallest absolute Gasteiger partial charge is 0.210 e. The molecule has 0 N–H and O–H groups in total. The van der Waals surface area contributed by atoms with Gasteiger partial charge in [0.2, 0.25) is 9.84 Å². The Kier molecular flexibility index (Phi) is 1.63. The van der Waals surface area contributed by atoms with Gasteiger partial charge in [0.1, 0.15) is 10.7 Å². The minimum absolute atomic E-state index is 0.00213. The summed E-state index contributed by atoms with van der Waals surface area (Å²) in [6.45, 7) is 3.74. The van der Waals surface area contributed by atoms with Gasteiger partial charge in [-0.25, -0.2) is 8.42 Å². The lowest BCUT2D eigenvalue weighted by Crippen LogP contribution is -2.02. The van der Waals surface area contributed by atoms with Crippen LogP contribution in [0.15, 0.2) is 33.8 Å². The summed E-state index contributed by atoms with van der Waals surface area (Å²) in [5.74, 6) is 0.479. The molecule has 0 fully saturated rings. The van der Waals surface area contributed by atoms with Crippen LogP contribution in [0, 0.1) is 0 Å². The topological polar surface area (TPSA) is 43.4 Å². The molecule has 2 aliphatic rings. The molecule has 2 bridgehead atoms. The van der Waals surface area contributed by atoms with Crippen molar-refractivity contribution in [1.29, 1.82) is 0 Å². The van der Waals surface area contributed by atoms with Gasteiger partial charge in [-0.05, 0) is 26.0 Å². The standard InChI is InChI=1S/C9H10O3S/c1-6(2)12-8-5-7-3-4-9(8)13(7,10)11/h3-6H,1-2H3. The maximum atomic E-state index is 11.5. The van der Waals surface area contributed by atoms with E-state index in [4.69, 9.17) is 4.74 Å². The molecule has 70 valence electrons. The second kappa shape index (κ2) is 2.48. The Labute approximate surface area is 77.3 Å². The number of hydrogen-bond donors (Lipinski definition) is 0. The van der Waals surface area contributed by atoms with Gasteiger partial charge in [0.05, 0.1) is 11.0 Å². The molecular weight excluding hydrogens is 188 g/mol. The van der Waals surface area contributed by atoms with Gasteiger partial charge in [-0.2, -0.15) is 0 Å². The van der Waals surface area contributed by atoms with Gasteiger partial charge in [0.25, 0.3) is 0 Å². The fourth-order valence-corrected chi connectivity index (χ4v) is 2.73. The van der Waals surface area contributed by atoms with Gasteiger partial charge < -0.3 is 4.74 Å². The van der Waals surface area contributed by atoms with Gasteiger partial charge in [0.15, 0.2) is 0 Å². The van der Waals surface area contributed by atoms with E-state index < -0.39 is 9.84 Å². The molecule has 0 saturated carbocycles. The average Bonchev–Trinajstić information content (AvgIpc) is 2.38. The highest BCUT2D eigenvalue weighted by Crippen LogP contribution is 2.37. The first-order valence-electron chi connectivity index (χ1n) is 4.07. The van der Waals surface area contributed by atoms with Crippen LogP contribution in [0.4, 0.5) is 0 Å². The van der Waals surface area contributed by atoms with Crippen LogP contribution in [-0.4, -0.2) is 14.5 Å². The van der Waals surface area contributed by atoms with E-state index >= 15 is 0 Å². The number of sulfone groups is 1. The van der Waals surface area contributed by atoms with Gasteiger partial charge >= 0.3 is 0 Å². The first kappa shape index (κ1) is 8.56. The van der Waals surface area contributed by atoms with E-state index in [1.165, 1.54) is 0 Å².